The van der Waals surface area contributed by atoms with Crippen molar-refractivity contribution in [3.05, 3.63) is 65.7 Å². The van der Waals surface area contributed by atoms with Crippen LogP contribution >= 0.6 is 0 Å². The molecule has 1 atom stereocenters. The Bertz CT molecular complexity index is 520. The molecule has 1 unspecified atom stereocenters. The van der Waals surface area contributed by atoms with Gasteiger partial charge in [0.2, 0.25) is 0 Å². The van der Waals surface area contributed by atoms with Crippen LogP contribution in [0.2, 0.25) is 0 Å². The number of anilines is 1. The highest BCUT2D eigenvalue weighted by molar-refractivity contribution is 5.54. The maximum atomic E-state index is 5.97. The van der Waals surface area contributed by atoms with E-state index in [9.17, 15) is 0 Å². The van der Waals surface area contributed by atoms with Crippen LogP contribution in [0.25, 0.3) is 0 Å². The summed E-state index contributed by atoms with van der Waals surface area (Å²) in [4.78, 5) is 2.41. The van der Waals surface area contributed by atoms with Crippen molar-refractivity contribution in [1.29, 1.82) is 0 Å². The summed E-state index contributed by atoms with van der Waals surface area (Å²) in [7, 11) is 0. The van der Waals surface area contributed by atoms with Crippen LogP contribution in [0.3, 0.4) is 0 Å². The minimum absolute atomic E-state index is 0.187. The molecule has 2 aromatic carbocycles. The lowest BCUT2D eigenvalue weighted by Crippen LogP contribution is -2.25. The van der Waals surface area contributed by atoms with E-state index in [0.29, 0.717) is 0 Å². The van der Waals surface area contributed by atoms with Crippen LogP contribution in [0.4, 0.5) is 5.69 Å². The molecule has 20 heavy (non-hydrogen) atoms. The van der Waals surface area contributed by atoms with Gasteiger partial charge in [0.05, 0.1) is 0 Å². The van der Waals surface area contributed by atoms with E-state index in [4.69, 9.17) is 5.73 Å². The fraction of sp³-hybridized carbons (Fsp3) is 0.333. The molecule has 0 saturated carbocycles. The second kappa shape index (κ2) is 7.11. The lowest BCUT2D eigenvalue weighted by atomic mass is 10.0. The van der Waals surface area contributed by atoms with Crippen molar-refractivity contribution in [3.63, 3.8) is 0 Å². The molecule has 2 N–H and O–H groups in total. The summed E-state index contributed by atoms with van der Waals surface area (Å²) in [5.74, 6) is 0. The Labute approximate surface area is 122 Å². The molecule has 0 radical (unpaired) electrons. The van der Waals surface area contributed by atoms with Gasteiger partial charge in [0.15, 0.2) is 0 Å². The smallest absolute Gasteiger partial charge is 0.0429 e. The number of hydrogen-bond donors (Lipinski definition) is 1. The predicted molar refractivity (Wildman–Crippen MR) is 87.0 cm³/mol. The molecule has 0 saturated heterocycles. The SMILES string of the molecule is CCN(Cc1ccccc1)c1ccccc1CC(C)N. The Morgan fingerprint density at radius 2 is 1.65 bits per heavy atom. The van der Waals surface area contributed by atoms with E-state index in [1.165, 1.54) is 16.8 Å². The summed E-state index contributed by atoms with van der Waals surface area (Å²) in [5, 5.41) is 0. The molecule has 0 aromatic heterocycles. The first-order valence-corrected chi connectivity index (χ1v) is 7.33. The fourth-order valence-electron chi connectivity index (χ4n) is 2.51. The van der Waals surface area contributed by atoms with Crippen molar-refractivity contribution < 1.29 is 0 Å². The van der Waals surface area contributed by atoms with Crippen molar-refractivity contribution in [2.75, 3.05) is 11.4 Å². The second-order valence-electron chi connectivity index (χ2n) is 5.31. The average molecular weight is 268 g/mol. The van der Waals surface area contributed by atoms with Crippen LogP contribution < -0.4 is 10.6 Å². The van der Waals surface area contributed by atoms with Gasteiger partial charge in [-0.1, -0.05) is 48.5 Å². The Hall–Kier alpha value is -1.80. The van der Waals surface area contributed by atoms with Crippen molar-refractivity contribution in [2.45, 2.75) is 32.9 Å². The summed E-state index contributed by atoms with van der Waals surface area (Å²) < 4.78 is 0. The van der Waals surface area contributed by atoms with Gasteiger partial charge in [-0.2, -0.15) is 0 Å². The number of nitrogens with zero attached hydrogens (tertiary/aromatic N) is 1. The van der Waals surface area contributed by atoms with Gasteiger partial charge in [-0.3, -0.25) is 0 Å². The van der Waals surface area contributed by atoms with E-state index < -0.39 is 0 Å². The molecule has 0 heterocycles. The molecule has 0 amide bonds. The molecule has 0 fully saturated rings. The molecule has 0 spiro atoms. The maximum Gasteiger partial charge on any atom is 0.0429 e. The molecule has 2 heteroatoms. The third-order valence-corrected chi connectivity index (χ3v) is 3.47. The van der Waals surface area contributed by atoms with E-state index in [0.717, 1.165) is 19.5 Å². The normalized spacial score (nSPS) is 12.2. The zero-order valence-corrected chi connectivity index (χ0v) is 12.4. The molecular formula is C18H24N2. The topological polar surface area (TPSA) is 29.3 Å². The Balaban J connectivity index is 2.23. The van der Waals surface area contributed by atoms with Gasteiger partial charge in [-0.15, -0.1) is 0 Å². The van der Waals surface area contributed by atoms with Gasteiger partial charge >= 0.3 is 0 Å². The largest absolute Gasteiger partial charge is 0.367 e. The lowest BCUT2D eigenvalue weighted by molar-refractivity contribution is 0.729. The third kappa shape index (κ3) is 3.84. The van der Waals surface area contributed by atoms with Crippen molar-refractivity contribution in [2.24, 2.45) is 5.73 Å². The predicted octanol–water partition coefficient (Wildman–Crippen LogP) is 3.60. The standard InChI is InChI=1S/C18H24N2/c1-3-20(14-16-9-5-4-6-10-16)18-12-8-7-11-17(18)13-15(2)19/h4-12,15H,3,13-14,19H2,1-2H3. The quantitative estimate of drug-likeness (QED) is 0.867. The van der Waals surface area contributed by atoms with Crippen LogP contribution in [0.1, 0.15) is 25.0 Å². The Kier molecular flexibility index (Phi) is 5.19. The summed E-state index contributed by atoms with van der Waals surface area (Å²) >= 11 is 0. The molecule has 0 aliphatic rings. The lowest BCUT2D eigenvalue weighted by Gasteiger charge is -2.26. The van der Waals surface area contributed by atoms with Crippen LogP contribution in [-0.2, 0) is 13.0 Å². The molecule has 2 aromatic rings. The first kappa shape index (κ1) is 14.6. The Morgan fingerprint density at radius 1 is 1.00 bits per heavy atom. The highest BCUT2D eigenvalue weighted by atomic mass is 15.1. The molecular weight excluding hydrogens is 244 g/mol. The zero-order chi connectivity index (χ0) is 14.4. The number of benzene rings is 2. The monoisotopic (exact) mass is 268 g/mol. The molecule has 2 rings (SSSR count). The van der Waals surface area contributed by atoms with Crippen LogP contribution in [0, 0.1) is 0 Å². The van der Waals surface area contributed by atoms with Crippen LogP contribution in [0.5, 0.6) is 0 Å². The summed E-state index contributed by atoms with van der Waals surface area (Å²) in [5.41, 5.74) is 9.94. The van der Waals surface area contributed by atoms with Gasteiger partial charge in [0.25, 0.3) is 0 Å². The molecule has 2 nitrogen and oxygen atoms in total. The average Bonchev–Trinajstić information content (AvgIpc) is 2.46. The number of rotatable bonds is 6. The summed E-state index contributed by atoms with van der Waals surface area (Å²) in [6.07, 6.45) is 0.918. The maximum absolute atomic E-state index is 5.97. The van der Waals surface area contributed by atoms with E-state index in [1.807, 2.05) is 0 Å². The van der Waals surface area contributed by atoms with Gasteiger partial charge in [0, 0.05) is 24.8 Å². The minimum atomic E-state index is 0.187. The first-order chi connectivity index (χ1) is 9.70. The van der Waals surface area contributed by atoms with Crippen LogP contribution in [0.15, 0.2) is 54.6 Å². The molecule has 0 bridgehead atoms. The van der Waals surface area contributed by atoms with Gasteiger partial charge in [-0.25, -0.2) is 0 Å². The zero-order valence-electron chi connectivity index (χ0n) is 12.4. The van der Waals surface area contributed by atoms with E-state index in [1.54, 1.807) is 0 Å². The van der Waals surface area contributed by atoms with E-state index in [2.05, 4.69) is 73.3 Å². The molecule has 0 aliphatic heterocycles. The highest BCUT2D eigenvalue weighted by Gasteiger charge is 2.11. The molecule has 106 valence electrons. The number of para-hydroxylation sites is 1. The third-order valence-electron chi connectivity index (χ3n) is 3.47. The fourth-order valence-corrected chi connectivity index (χ4v) is 2.51. The van der Waals surface area contributed by atoms with E-state index in [-0.39, 0.29) is 6.04 Å². The van der Waals surface area contributed by atoms with Crippen LogP contribution in [-0.4, -0.2) is 12.6 Å². The van der Waals surface area contributed by atoms with Gasteiger partial charge in [-0.05, 0) is 37.5 Å². The first-order valence-electron chi connectivity index (χ1n) is 7.33. The summed E-state index contributed by atoms with van der Waals surface area (Å²) in [6, 6.07) is 19.4. The number of nitrogens with two attached hydrogens (primary N) is 1. The summed E-state index contributed by atoms with van der Waals surface area (Å²) in [6.45, 7) is 6.19. The van der Waals surface area contributed by atoms with Crippen molar-refractivity contribution in [1.82, 2.24) is 0 Å². The van der Waals surface area contributed by atoms with Crippen molar-refractivity contribution in [3.8, 4) is 0 Å². The van der Waals surface area contributed by atoms with E-state index >= 15 is 0 Å². The highest BCUT2D eigenvalue weighted by Crippen LogP contribution is 2.23. The van der Waals surface area contributed by atoms with Gasteiger partial charge in [0.1, 0.15) is 0 Å². The Morgan fingerprint density at radius 3 is 2.30 bits per heavy atom. The van der Waals surface area contributed by atoms with Gasteiger partial charge < -0.3 is 10.6 Å². The minimum Gasteiger partial charge on any atom is -0.367 e. The van der Waals surface area contributed by atoms with Crippen molar-refractivity contribution >= 4 is 5.69 Å². The number of hydrogen-bond acceptors (Lipinski definition) is 2. The second-order valence-corrected chi connectivity index (χ2v) is 5.31. The molecule has 0 aliphatic carbocycles.